The van der Waals surface area contributed by atoms with E-state index in [0.29, 0.717) is 18.7 Å². The minimum Gasteiger partial charge on any atom is -0.493 e. The number of nitrogens with two attached hydrogens (primary N) is 1. The molecular weight excluding hydrogens is 240 g/mol. The van der Waals surface area contributed by atoms with Gasteiger partial charge in [0.05, 0.1) is 19.8 Å². The molecule has 0 aliphatic heterocycles. The second-order valence-corrected chi connectivity index (χ2v) is 3.97. The Morgan fingerprint density at radius 2 is 1.89 bits per heavy atom. The Morgan fingerprint density at radius 3 is 2.39 bits per heavy atom. The lowest BCUT2D eigenvalue weighted by atomic mass is 10.0. The maximum absolute atomic E-state index is 12.9. The molecule has 0 heterocycles. The molecule has 0 aromatic heterocycles. The van der Waals surface area contributed by atoms with Gasteiger partial charge in [0.1, 0.15) is 0 Å². The van der Waals surface area contributed by atoms with Crippen molar-refractivity contribution in [3.8, 4) is 11.5 Å². The summed E-state index contributed by atoms with van der Waals surface area (Å²) in [7, 11) is 2.80. The van der Waals surface area contributed by atoms with Crippen molar-refractivity contribution in [2.45, 2.75) is 25.7 Å². The van der Waals surface area contributed by atoms with Crippen molar-refractivity contribution in [2.75, 3.05) is 20.8 Å². The summed E-state index contributed by atoms with van der Waals surface area (Å²) < 4.78 is 36.0. The normalized spacial score (nSPS) is 10.8. The molecule has 1 rings (SSSR count). The fourth-order valence-corrected chi connectivity index (χ4v) is 1.83. The number of alkyl halides is 2. The van der Waals surface area contributed by atoms with Crippen LogP contribution in [0.4, 0.5) is 8.78 Å². The molecule has 3 nitrogen and oxygen atoms in total. The van der Waals surface area contributed by atoms with E-state index in [4.69, 9.17) is 15.2 Å². The standard InChI is InChI=1S/C13H19F2NO2/c1-17-11-8-9(5-3-4-6-16)7-10(13(14)15)12(11)18-2/h7-8,13H,3-6,16H2,1-2H3. The number of hydrogen-bond acceptors (Lipinski definition) is 3. The van der Waals surface area contributed by atoms with Gasteiger partial charge >= 0.3 is 0 Å². The molecule has 2 N–H and O–H groups in total. The first-order chi connectivity index (χ1) is 8.63. The Balaban J connectivity index is 3.03. The lowest BCUT2D eigenvalue weighted by molar-refractivity contribution is 0.146. The molecule has 0 radical (unpaired) electrons. The van der Waals surface area contributed by atoms with Gasteiger partial charge in [-0.25, -0.2) is 8.78 Å². The molecule has 102 valence electrons. The molecule has 0 fully saturated rings. The SMILES string of the molecule is COc1cc(CCCCN)cc(C(F)F)c1OC. The summed E-state index contributed by atoms with van der Waals surface area (Å²) >= 11 is 0. The van der Waals surface area contributed by atoms with Gasteiger partial charge in [0, 0.05) is 0 Å². The highest BCUT2D eigenvalue weighted by Gasteiger charge is 2.19. The number of halogens is 2. The predicted octanol–water partition coefficient (Wildman–Crippen LogP) is 2.92. The van der Waals surface area contributed by atoms with E-state index in [9.17, 15) is 8.78 Å². The lowest BCUT2D eigenvalue weighted by Crippen LogP contribution is -2.01. The summed E-state index contributed by atoms with van der Waals surface area (Å²) in [4.78, 5) is 0. The highest BCUT2D eigenvalue weighted by atomic mass is 19.3. The summed E-state index contributed by atoms with van der Waals surface area (Å²) in [6.07, 6.45) is -0.132. The van der Waals surface area contributed by atoms with Crippen molar-refractivity contribution >= 4 is 0 Å². The van der Waals surface area contributed by atoms with Gasteiger partial charge in [0.25, 0.3) is 6.43 Å². The van der Waals surface area contributed by atoms with Crippen LogP contribution in [0.3, 0.4) is 0 Å². The van der Waals surface area contributed by atoms with Crippen LogP contribution in [0.5, 0.6) is 11.5 Å². The van der Waals surface area contributed by atoms with Crippen molar-refractivity contribution < 1.29 is 18.3 Å². The zero-order chi connectivity index (χ0) is 13.5. The van der Waals surface area contributed by atoms with Gasteiger partial charge in [-0.2, -0.15) is 0 Å². The quantitative estimate of drug-likeness (QED) is 0.766. The fraction of sp³-hybridized carbons (Fsp3) is 0.538. The summed E-state index contributed by atoms with van der Waals surface area (Å²) in [5.74, 6) is 0.452. The van der Waals surface area contributed by atoms with Crippen molar-refractivity contribution in [2.24, 2.45) is 5.73 Å². The molecule has 5 heteroatoms. The molecule has 0 aliphatic rings. The maximum Gasteiger partial charge on any atom is 0.267 e. The van der Waals surface area contributed by atoms with Gasteiger partial charge < -0.3 is 15.2 Å². The number of benzene rings is 1. The third-order valence-electron chi connectivity index (χ3n) is 2.72. The minimum atomic E-state index is -2.58. The molecule has 0 spiro atoms. The number of hydrogen-bond donors (Lipinski definition) is 1. The van der Waals surface area contributed by atoms with Crippen LogP contribution < -0.4 is 15.2 Å². The highest BCUT2D eigenvalue weighted by Crippen LogP contribution is 2.38. The van der Waals surface area contributed by atoms with Gasteiger partial charge in [-0.1, -0.05) is 0 Å². The van der Waals surface area contributed by atoms with Crippen molar-refractivity contribution in [1.29, 1.82) is 0 Å². The second-order valence-electron chi connectivity index (χ2n) is 3.97. The molecule has 0 saturated carbocycles. The summed E-state index contributed by atoms with van der Waals surface area (Å²) in [6, 6.07) is 3.21. The van der Waals surface area contributed by atoms with Crippen LogP contribution in [0.2, 0.25) is 0 Å². The first kappa shape index (κ1) is 14.7. The van der Waals surface area contributed by atoms with E-state index in [2.05, 4.69) is 0 Å². The summed E-state index contributed by atoms with van der Waals surface area (Å²) in [5, 5.41) is 0. The Hall–Kier alpha value is -1.36. The molecule has 0 bridgehead atoms. The number of methoxy groups -OCH3 is 2. The highest BCUT2D eigenvalue weighted by molar-refractivity contribution is 5.50. The summed E-state index contributed by atoms with van der Waals surface area (Å²) in [5.41, 5.74) is 6.10. The van der Waals surface area contributed by atoms with E-state index in [-0.39, 0.29) is 11.3 Å². The Bertz CT molecular complexity index is 383. The number of aryl methyl sites for hydroxylation is 1. The minimum absolute atomic E-state index is 0.107. The van der Waals surface area contributed by atoms with Crippen molar-refractivity contribution in [3.63, 3.8) is 0 Å². The lowest BCUT2D eigenvalue weighted by Gasteiger charge is -2.14. The van der Waals surface area contributed by atoms with Crippen LogP contribution >= 0.6 is 0 Å². The monoisotopic (exact) mass is 259 g/mol. The van der Waals surface area contributed by atoms with Gasteiger partial charge in [-0.05, 0) is 43.5 Å². The smallest absolute Gasteiger partial charge is 0.267 e. The van der Waals surface area contributed by atoms with Gasteiger partial charge in [-0.3, -0.25) is 0 Å². The molecule has 0 atom stereocenters. The fourth-order valence-electron chi connectivity index (χ4n) is 1.83. The van der Waals surface area contributed by atoms with Crippen molar-refractivity contribution in [1.82, 2.24) is 0 Å². The largest absolute Gasteiger partial charge is 0.493 e. The molecule has 1 aromatic carbocycles. The van der Waals surface area contributed by atoms with Crippen LogP contribution in [0.15, 0.2) is 12.1 Å². The predicted molar refractivity (Wildman–Crippen MR) is 66.5 cm³/mol. The van der Waals surface area contributed by atoms with Gasteiger partial charge in [0.15, 0.2) is 11.5 Å². The Labute approximate surface area is 106 Å². The zero-order valence-electron chi connectivity index (χ0n) is 10.7. The number of ether oxygens (including phenoxy) is 2. The third-order valence-corrected chi connectivity index (χ3v) is 2.72. The van der Waals surface area contributed by atoms with Gasteiger partial charge in [-0.15, -0.1) is 0 Å². The summed E-state index contributed by atoms with van der Waals surface area (Å²) in [6.45, 7) is 0.606. The number of unbranched alkanes of at least 4 members (excludes halogenated alkanes) is 1. The maximum atomic E-state index is 12.9. The van der Waals surface area contributed by atoms with Crippen molar-refractivity contribution in [3.05, 3.63) is 23.3 Å². The molecule has 0 aliphatic carbocycles. The van der Waals surface area contributed by atoms with E-state index in [1.165, 1.54) is 20.3 Å². The first-order valence-electron chi connectivity index (χ1n) is 5.87. The van der Waals surface area contributed by atoms with Crippen LogP contribution in [-0.4, -0.2) is 20.8 Å². The topological polar surface area (TPSA) is 44.5 Å². The molecule has 0 amide bonds. The average molecular weight is 259 g/mol. The zero-order valence-corrected chi connectivity index (χ0v) is 10.7. The molecule has 0 unspecified atom stereocenters. The average Bonchev–Trinajstić information content (AvgIpc) is 2.37. The van der Waals surface area contributed by atoms with Gasteiger partial charge in [0.2, 0.25) is 0 Å². The van der Waals surface area contributed by atoms with E-state index >= 15 is 0 Å². The molecule has 1 aromatic rings. The number of rotatable bonds is 7. The van der Waals surface area contributed by atoms with Crippen LogP contribution in [-0.2, 0) is 6.42 Å². The molecule has 0 saturated heterocycles. The first-order valence-corrected chi connectivity index (χ1v) is 5.87. The second kappa shape index (κ2) is 7.16. The third kappa shape index (κ3) is 3.57. The Morgan fingerprint density at radius 1 is 1.17 bits per heavy atom. The molecular formula is C13H19F2NO2. The van der Waals surface area contributed by atoms with Crippen LogP contribution in [0.25, 0.3) is 0 Å². The molecule has 18 heavy (non-hydrogen) atoms. The Kier molecular flexibility index (Phi) is 5.85. The van der Waals surface area contributed by atoms with E-state index in [1.807, 2.05) is 0 Å². The van der Waals surface area contributed by atoms with E-state index in [0.717, 1.165) is 18.4 Å². The van der Waals surface area contributed by atoms with Crippen LogP contribution in [0.1, 0.15) is 30.4 Å². The van der Waals surface area contributed by atoms with E-state index < -0.39 is 6.43 Å². The van der Waals surface area contributed by atoms with E-state index in [1.54, 1.807) is 6.07 Å². The van der Waals surface area contributed by atoms with Crippen LogP contribution in [0, 0.1) is 0 Å².